The van der Waals surface area contributed by atoms with Crippen LogP contribution in [0.1, 0.15) is 65.8 Å². The molecule has 0 unspecified atom stereocenters. The fourth-order valence-electron chi connectivity index (χ4n) is 15.6. The molecule has 3 fully saturated rings. The van der Waals surface area contributed by atoms with E-state index in [-0.39, 0.29) is 133 Å². The molecule has 3 aromatic heterocycles. The number of nitrogens with one attached hydrogen (secondary N) is 6. The molecule has 36 heteroatoms. The summed E-state index contributed by atoms with van der Waals surface area (Å²) >= 11 is 0. The number of carbonyl (C=O) groups excluding carboxylic acids is 3. The quantitative estimate of drug-likeness (QED) is 0.0187. The van der Waals surface area contributed by atoms with Gasteiger partial charge >= 0.3 is 35.3 Å². The topological polar surface area (TPSA) is 460 Å². The first-order valence-electron chi connectivity index (χ1n) is 41.3. The fourth-order valence-corrected chi connectivity index (χ4v) is 15.6. The van der Waals surface area contributed by atoms with Crippen molar-refractivity contribution < 1.29 is 102 Å². The van der Waals surface area contributed by atoms with Gasteiger partial charge in [-0.15, -0.1) is 0 Å². The maximum atomic E-state index is 12.7. The van der Waals surface area contributed by atoms with Crippen molar-refractivity contribution in [2.24, 2.45) is 0 Å². The molecule has 0 bridgehead atoms. The second-order valence-electron chi connectivity index (χ2n) is 30.4. The van der Waals surface area contributed by atoms with Crippen LogP contribution in [0, 0.1) is 0 Å². The zero-order chi connectivity index (χ0) is 88.3. The number of fused-ring (bicyclic) bond motifs is 10. The van der Waals surface area contributed by atoms with E-state index in [1.54, 1.807) is 54.6 Å². The molecular weight excluding hydrogens is 1660 g/mol. The van der Waals surface area contributed by atoms with Crippen LogP contribution < -0.4 is 77.4 Å². The van der Waals surface area contributed by atoms with Crippen LogP contribution in [0.4, 0.5) is 48.9 Å². The monoisotopic (exact) mass is 1740 g/mol. The average Bonchev–Trinajstić information content (AvgIpc) is 1.39. The van der Waals surface area contributed by atoms with E-state index in [2.05, 4.69) is 71.1 Å². The number of aliphatic hydroxyl groups excluding tert-OH is 6. The van der Waals surface area contributed by atoms with Crippen molar-refractivity contribution in [1.29, 1.82) is 0 Å². The molecule has 19 rings (SSSR count). The van der Waals surface area contributed by atoms with Crippen molar-refractivity contribution in [2.75, 3.05) is 75.2 Å². The summed E-state index contributed by atoms with van der Waals surface area (Å²) in [6.45, 7) is 0.381. The van der Waals surface area contributed by atoms with Crippen molar-refractivity contribution in [2.45, 2.75) is 101 Å². The molecule has 0 radical (unpaired) electrons. The average molecular weight is 1750 g/mol. The molecule has 7 aliphatic rings. The third-order valence-corrected chi connectivity index (χ3v) is 21.9. The molecule has 12 N–H and O–H groups in total. The summed E-state index contributed by atoms with van der Waals surface area (Å²) in [5.74, 6) is 4.13. The number of ether oxygens (including phenoxy) is 12. The van der Waals surface area contributed by atoms with Crippen molar-refractivity contribution in [3.05, 3.63) is 272 Å². The predicted octanol–water partition coefficient (Wildman–Crippen LogP) is 10.5. The minimum absolute atomic E-state index is 0.129. The van der Waals surface area contributed by atoms with Crippen LogP contribution >= 0.6 is 0 Å². The van der Waals surface area contributed by atoms with Crippen molar-refractivity contribution >= 4 is 63.6 Å². The number of para-hydroxylation sites is 3. The van der Waals surface area contributed by atoms with Gasteiger partial charge in [0.25, 0.3) is 0 Å². The summed E-state index contributed by atoms with van der Waals surface area (Å²) in [7, 11) is 0. The Morgan fingerprint density at radius 1 is 0.406 bits per heavy atom. The molecule has 0 spiro atoms. The van der Waals surface area contributed by atoms with Crippen LogP contribution in [-0.4, -0.2) is 173 Å². The van der Waals surface area contributed by atoms with E-state index in [9.17, 15) is 59.4 Å². The molecule has 660 valence electrons. The van der Waals surface area contributed by atoms with Gasteiger partial charge in [-0.2, -0.15) is 15.0 Å². The molecule has 128 heavy (non-hydrogen) atoms. The number of nitrogens with zero attached hydrogens (tertiary/aromatic N) is 6. The Morgan fingerprint density at radius 3 is 1.27 bits per heavy atom. The first kappa shape index (κ1) is 85.7. The zero-order valence-electron chi connectivity index (χ0n) is 68.4. The summed E-state index contributed by atoms with van der Waals surface area (Å²) in [4.78, 5) is 87.2. The smallest absolute Gasteiger partial charge is 0.407 e. The van der Waals surface area contributed by atoms with Crippen LogP contribution in [0.15, 0.2) is 227 Å². The van der Waals surface area contributed by atoms with Crippen LogP contribution in [-0.2, 0) is 54.7 Å². The number of aliphatic hydroxyl groups is 6. The number of hydrogen-bond acceptors (Lipinski definition) is 30. The Bertz CT molecular complexity index is 6270. The highest BCUT2D eigenvalue weighted by Gasteiger charge is 2.40. The lowest BCUT2D eigenvalue weighted by Crippen LogP contribution is -2.29. The second kappa shape index (κ2) is 39.0. The maximum absolute atomic E-state index is 12.7. The summed E-state index contributed by atoms with van der Waals surface area (Å²) in [5.41, 5.74) is 9.48. The Kier molecular flexibility index (Phi) is 26.1. The van der Waals surface area contributed by atoms with Gasteiger partial charge in [0, 0.05) is 19.3 Å². The van der Waals surface area contributed by atoms with Gasteiger partial charge in [-0.1, -0.05) is 152 Å². The molecule has 6 aliphatic heterocycles. The number of benzene rings is 9. The number of hydrogen-bond donors (Lipinski definition) is 12. The number of carbonyl (C=O) groups is 3. The Labute approximate surface area is 728 Å². The van der Waals surface area contributed by atoms with E-state index in [1.807, 2.05) is 115 Å². The minimum Gasteiger partial charge on any atom is -0.489 e. The SMILES string of the molecule is O=C(NCCOc1cccc2c1Nc1nc(=O)n([C@H]3C[C@@H](O)[C@@H](CO)O3)cc1O2)OCc1ccc2c(c1)Cc1ccccc1-2.O=C(NCCOc1cccc2c1Nc1nc(=O)n([C@H]3C[C@@H](O)[C@@H](CO)O3)cc1O2)OCc1cccc(-c2ccccc2)c1.O=C(NCCOc1cccc2c1Nc1nc(=O)n([C@H]3C[C@@H](O)[C@@H](CO)O3)cc1O2)OCc1cccc2ccccc12. The Morgan fingerprint density at radius 2 is 0.805 bits per heavy atom. The van der Waals surface area contributed by atoms with E-state index in [0.29, 0.717) is 51.6 Å². The van der Waals surface area contributed by atoms with Gasteiger partial charge in [0.1, 0.15) is 111 Å². The largest absolute Gasteiger partial charge is 0.489 e. The molecule has 9 aromatic carbocycles. The lowest BCUT2D eigenvalue weighted by molar-refractivity contribution is -0.0459. The molecule has 36 nitrogen and oxygen atoms in total. The number of aromatic nitrogens is 6. The Balaban J connectivity index is 0.000000135. The first-order chi connectivity index (χ1) is 62.4. The summed E-state index contributed by atoms with van der Waals surface area (Å²) in [6, 6.07) is 61.7. The number of amides is 3. The van der Waals surface area contributed by atoms with Gasteiger partial charge in [0.2, 0.25) is 0 Å². The van der Waals surface area contributed by atoms with Crippen molar-refractivity contribution in [3.63, 3.8) is 0 Å². The fraction of sp³-hybridized carbons (Fsp3) is 0.272. The summed E-state index contributed by atoms with van der Waals surface area (Å²) < 4.78 is 72.2. The summed E-state index contributed by atoms with van der Waals surface area (Å²) in [6.07, 6.45) is -3.37. The lowest BCUT2D eigenvalue weighted by Gasteiger charge is -2.24. The third-order valence-electron chi connectivity index (χ3n) is 21.9. The van der Waals surface area contributed by atoms with Gasteiger partial charge in [-0.05, 0) is 110 Å². The van der Waals surface area contributed by atoms with Gasteiger partial charge in [0.15, 0.2) is 52.0 Å². The van der Waals surface area contributed by atoms with Crippen LogP contribution in [0.25, 0.3) is 33.0 Å². The third kappa shape index (κ3) is 19.5. The molecular formula is C92H88N12O24. The molecule has 3 saturated heterocycles. The molecule has 1 aliphatic carbocycles. The van der Waals surface area contributed by atoms with E-state index < -0.39 is 90.7 Å². The van der Waals surface area contributed by atoms with Crippen LogP contribution in [0.2, 0.25) is 0 Å². The van der Waals surface area contributed by atoms with Crippen molar-refractivity contribution in [3.8, 4) is 74.0 Å². The maximum Gasteiger partial charge on any atom is 0.407 e. The standard InChI is InChI=1S/C32H30N4O8.C31H30N4O8.C29H28N4O8/c37-16-27-23(38)14-28(44-27)36-15-26-30(35-31(36)39)34-29-24(6-3-7-25(29)43-26)41-11-10-33-32(40)42-17-18-8-9-22-20(12-18)13-19-4-1-2-5-21(19)22;36-17-26-22(37)15-27(43-26)35-16-25-29(34-30(35)38)33-28-23(10-5-11-24(28)42-25)40-13-12-32-31(39)41-18-19-6-4-9-21(14-19)20-7-2-1-3-8-20;34-15-24-20(35)13-25(41-24)33-14-23-27(32-28(33)36)31-26-21(9-4-10-22(26)40-23)38-12-11-30-29(37)39-16-18-7-3-6-17-5-1-2-8-19(17)18/h1-9,12,15,23,27-28,37-38H,10-11,13-14,16-17H2,(H,33,40)(H,34,35,39);1-11,14,16,22,26-27,36-37H,12-13,15,17-18H2,(H,32,39)(H,33,34,38);1-10,14,20,24-25,34-35H,11-13,15-16H2,(H,30,37)(H,31,32,36)/t23-,27-,28-;22-,26-,27-;20-,24-,25-/m111/s1. The normalized spacial score (nSPS) is 18.9. The van der Waals surface area contributed by atoms with E-state index in [4.69, 9.17) is 56.8 Å². The van der Waals surface area contributed by atoms with Gasteiger partial charge < -0.3 is 119 Å². The zero-order valence-corrected chi connectivity index (χ0v) is 68.4. The predicted molar refractivity (Wildman–Crippen MR) is 461 cm³/mol. The van der Waals surface area contributed by atoms with E-state index >= 15 is 0 Å². The van der Waals surface area contributed by atoms with Crippen molar-refractivity contribution in [1.82, 2.24) is 44.6 Å². The highest BCUT2D eigenvalue weighted by Crippen LogP contribution is 2.49. The molecule has 0 saturated carbocycles. The van der Waals surface area contributed by atoms with Gasteiger partial charge in [-0.25, -0.2) is 28.8 Å². The first-order valence-corrected chi connectivity index (χ1v) is 41.3. The molecule has 9 atom stereocenters. The number of anilines is 6. The van der Waals surface area contributed by atoms with Gasteiger partial charge in [0.05, 0.1) is 76.4 Å². The summed E-state index contributed by atoms with van der Waals surface area (Å²) in [5, 5.41) is 77.6. The number of rotatable bonds is 25. The van der Waals surface area contributed by atoms with Gasteiger partial charge in [-0.3, -0.25) is 13.7 Å². The second-order valence-corrected chi connectivity index (χ2v) is 30.4. The number of alkyl carbamates (subject to hydrolysis) is 3. The molecule has 3 amide bonds. The van der Waals surface area contributed by atoms with E-state index in [1.165, 1.54) is 54.5 Å². The molecule has 9 heterocycles. The van der Waals surface area contributed by atoms with E-state index in [0.717, 1.165) is 45.0 Å². The van der Waals surface area contributed by atoms with Crippen LogP contribution in [0.5, 0.6) is 51.7 Å². The highest BCUT2D eigenvalue weighted by molar-refractivity contribution is 5.86. The Hall–Kier alpha value is -14.5. The minimum atomic E-state index is -0.897. The van der Waals surface area contributed by atoms with Crippen LogP contribution in [0.3, 0.4) is 0 Å². The highest BCUT2D eigenvalue weighted by atomic mass is 16.6. The molecule has 12 aromatic rings. The lowest BCUT2D eigenvalue weighted by atomic mass is 10.0.